The van der Waals surface area contributed by atoms with Gasteiger partial charge in [-0.1, -0.05) is 17.4 Å². The molecule has 1 saturated carbocycles. The van der Waals surface area contributed by atoms with E-state index >= 15 is 0 Å². The lowest BCUT2D eigenvalue weighted by Gasteiger charge is -2.27. The molecule has 12 heteroatoms. The van der Waals surface area contributed by atoms with Crippen molar-refractivity contribution in [2.75, 3.05) is 11.1 Å². The van der Waals surface area contributed by atoms with E-state index in [9.17, 15) is 18.4 Å². The van der Waals surface area contributed by atoms with Crippen LogP contribution in [0.4, 0.5) is 19.5 Å². The van der Waals surface area contributed by atoms with E-state index in [0.717, 1.165) is 23.5 Å². The van der Waals surface area contributed by atoms with Crippen molar-refractivity contribution < 1.29 is 23.1 Å². The van der Waals surface area contributed by atoms with Gasteiger partial charge in [-0.15, -0.1) is 0 Å². The number of carbonyl (C=O) groups excluding carboxylic acids is 2. The number of anilines is 2. The first kappa shape index (κ1) is 22.5. The average Bonchev–Trinajstić information content (AvgIpc) is 3.16. The molecule has 3 aromatic rings. The predicted octanol–water partition coefficient (Wildman–Crippen LogP) is 3.14. The van der Waals surface area contributed by atoms with Crippen molar-refractivity contribution in [2.24, 2.45) is 11.7 Å². The monoisotopic (exact) mass is 474 g/mol. The van der Waals surface area contributed by atoms with Crippen molar-refractivity contribution in [3.8, 4) is 16.5 Å². The van der Waals surface area contributed by atoms with Crippen LogP contribution in [0, 0.1) is 17.6 Å². The van der Waals surface area contributed by atoms with Crippen LogP contribution in [-0.2, 0) is 4.79 Å². The molecule has 9 nitrogen and oxygen atoms in total. The summed E-state index contributed by atoms with van der Waals surface area (Å²) < 4.78 is 34.1. The highest BCUT2D eigenvalue weighted by Gasteiger charge is 2.27. The number of nitrogens with zero attached hydrogens (tertiary/aromatic N) is 3. The largest absolute Gasteiger partial charge is 0.473 e. The number of halogens is 2. The third kappa shape index (κ3) is 4.90. The molecule has 5 N–H and O–H groups in total. The van der Waals surface area contributed by atoms with Gasteiger partial charge in [0.1, 0.15) is 39.8 Å². The Morgan fingerprint density at radius 1 is 1.15 bits per heavy atom. The molecule has 4 rings (SSSR count). The molecule has 172 valence electrons. The number of aromatic nitrogens is 3. The van der Waals surface area contributed by atoms with Crippen LogP contribution < -0.4 is 21.5 Å². The lowest BCUT2D eigenvalue weighted by atomic mass is 9.87. The van der Waals surface area contributed by atoms with Gasteiger partial charge in [0.2, 0.25) is 11.8 Å². The van der Waals surface area contributed by atoms with Crippen LogP contribution >= 0.6 is 11.3 Å². The van der Waals surface area contributed by atoms with Crippen LogP contribution in [-0.4, -0.2) is 32.9 Å². The summed E-state index contributed by atoms with van der Waals surface area (Å²) in [4.78, 5) is 36.2. The third-order valence-corrected chi connectivity index (χ3v) is 6.23. The summed E-state index contributed by atoms with van der Waals surface area (Å²) in [5.74, 6) is -2.67. The van der Waals surface area contributed by atoms with E-state index in [2.05, 4.69) is 20.3 Å². The van der Waals surface area contributed by atoms with Gasteiger partial charge in [-0.3, -0.25) is 9.59 Å². The molecule has 33 heavy (non-hydrogen) atoms. The maximum atomic E-state index is 14.1. The Labute approximate surface area is 191 Å². The van der Waals surface area contributed by atoms with Crippen molar-refractivity contribution in [1.82, 2.24) is 15.0 Å². The smallest absolute Gasteiger partial charge is 0.277 e. The highest BCUT2D eigenvalue weighted by atomic mass is 32.1. The first-order valence-electron chi connectivity index (χ1n) is 10.1. The minimum atomic E-state index is -0.811. The fraction of sp³-hybridized carbons (Fsp3) is 0.286. The Hall–Kier alpha value is -3.67. The number of hydrogen-bond donors (Lipinski definition) is 3. The summed E-state index contributed by atoms with van der Waals surface area (Å²) >= 11 is 0.795. The molecule has 0 aliphatic heterocycles. The maximum absolute atomic E-state index is 14.1. The van der Waals surface area contributed by atoms with Crippen LogP contribution in [0.1, 0.15) is 36.2 Å². The lowest BCUT2D eigenvalue weighted by molar-refractivity contribution is -0.123. The molecule has 0 atom stereocenters. The molecular weight excluding hydrogens is 454 g/mol. The second kappa shape index (κ2) is 9.45. The van der Waals surface area contributed by atoms with Gasteiger partial charge in [0.05, 0.1) is 11.8 Å². The molecule has 1 aromatic carbocycles. The Morgan fingerprint density at radius 3 is 2.52 bits per heavy atom. The highest BCUT2D eigenvalue weighted by Crippen LogP contribution is 2.34. The zero-order valence-electron chi connectivity index (χ0n) is 17.3. The first-order valence-corrected chi connectivity index (χ1v) is 10.9. The average molecular weight is 474 g/mol. The van der Waals surface area contributed by atoms with Gasteiger partial charge in [0.15, 0.2) is 5.69 Å². The number of hydrogen-bond acceptors (Lipinski definition) is 8. The van der Waals surface area contributed by atoms with Crippen LogP contribution in [0.5, 0.6) is 5.88 Å². The zero-order chi connectivity index (χ0) is 23.5. The topological polar surface area (TPSA) is 146 Å². The summed E-state index contributed by atoms with van der Waals surface area (Å²) in [6.07, 6.45) is 4.87. The highest BCUT2D eigenvalue weighted by molar-refractivity contribution is 7.19. The number of carbonyl (C=O) groups is 2. The number of ether oxygens (including phenoxy) is 1. The molecule has 1 fully saturated rings. The molecule has 0 spiro atoms. The Balaban J connectivity index is 1.50. The number of nitrogen functional groups attached to an aromatic ring is 1. The predicted molar refractivity (Wildman–Crippen MR) is 117 cm³/mol. The van der Waals surface area contributed by atoms with Gasteiger partial charge in [0.25, 0.3) is 5.91 Å². The van der Waals surface area contributed by atoms with Crippen molar-refractivity contribution in [2.45, 2.75) is 31.8 Å². The molecule has 0 bridgehead atoms. The second-order valence-electron chi connectivity index (χ2n) is 7.52. The van der Waals surface area contributed by atoms with Crippen molar-refractivity contribution in [1.29, 1.82) is 0 Å². The third-order valence-electron chi connectivity index (χ3n) is 5.32. The minimum absolute atomic E-state index is 0.00533. The van der Waals surface area contributed by atoms with Crippen molar-refractivity contribution in [3.05, 3.63) is 48.1 Å². The van der Waals surface area contributed by atoms with E-state index in [0.29, 0.717) is 25.7 Å². The Bertz CT molecular complexity index is 1180. The lowest BCUT2D eigenvalue weighted by Crippen LogP contribution is -2.31. The summed E-state index contributed by atoms with van der Waals surface area (Å²) in [6.45, 7) is 0. The van der Waals surface area contributed by atoms with Crippen LogP contribution in [0.15, 0.2) is 30.7 Å². The number of nitrogens with one attached hydrogen (secondary N) is 1. The van der Waals surface area contributed by atoms with E-state index < -0.39 is 17.5 Å². The van der Waals surface area contributed by atoms with Crippen LogP contribution in [0.25, 0.3) is 10.6 Å². The van der Waals surface area contributed by atoms with Gasteiger partial charge in [-0.2, -0.15) is 4.98 Å². The molecule has 0 unspecified atom stereocenters. The summed E-state index contributed by atoms with van der Waals surface area (Å²) in [5.41, 5.74) is 10.9. The zero-order valence-corrected chi connectivity index (χ0v) is 18.1. The minimum Gasteiger partial charge on any atom is -0.473 e. The summed E-state index contributed by atoms with van der Waals surface area (Å²) in [5, 5.41) is 2.53. The van der Waals surface area contributed by atoms with Crippen molar-refractivity contribution in [3.63, 3.8) is 0 Å². The van der Waals surface area contributed by atoms with E-state index in [1.165, 1.54) is 18.6 Å². The number of rotatable bonds is 6. The van der Waals surface area contributed by atoms with E-state index in [1.807, 2.05) is 0 Å². The molecule has 0 radical (unpaired) electrons. The summed E-state index contributed by atoms with van der Waals surface area (Å²) in [7, 11) is 0. The Kier molecular flexibility index (Phi) is 6.45. The molecule has 2 amide bonds. The molecule has 2 aromatic heterocycles. The fourth-order valence-corrected chi connectivity index (χ4v) is 4.48. The summed E-state index contributed by atoms with van der Waals surface area (Å²) in [6, 6.07) is 3.42. The van der Waals surface area contributed by atoms with Crippen molar-refractivity contribution >= 4 is 33.8 Å². The number of benzene rings is 1. The standard InChI is InChI=1S/C21H20F2N6O3S/c22-12-2-1-3-13(23)15(12)21-29-16(18(25)33-21)19(31)28-14-8-26-9-27-20(14)32-11-6-4-10(5-7-11)17(24)30/h1-3,8-11H,4-7,25H2,(H2,24,30)(H,28,31). The number of nitrogens with two attached hydrogens (primary N) is 2. The Morgan fingerprint density at radius 2 is 1.85 bits per heavy atom. The molecule has 0 saturated heterocycles. The number of thiazole rings is 1. The maximum Gasteiger partial charge on any atom is 0.277 e. The van der Waals surface area contributed by atoms with Gasteiger partial charge in [-0.05, 0) is 37.8 Å². The van der Waals surface area contributed by atoms with Gasteiger partial charge >= 0.3 is 0 Å². The van der Waals surface area contributed by atoms with E-state index in [1.54, 1.807) is 0 Å². The van der Waals surface area contributed by atoms with Gasteiger partial charge in [0, 0.05) is 5.92 Å². The molecule has 2 heterocycles. The second-order valence-corrected chi connectivity index (χ2v) is 8.55. The first-order chi connectivity index (χ1) is 15.8. The normalized spacial score (nSPS) is 18.0. The number of amides is 2. The number of primary amides is 1. The van der Waals surface area contributed by atoms with Crippen LogP contribution in [0.3, 0.4) is 0 Å². The molecule has 1 aliphatic rings. The van der Waals surface area contributed by atoms with Gasteiger partial charge in [-0.25, -0.2) is 18.7 Å². The molecule has 1 aliphatic carbocycles. The van der Waals surface area contributed by atoms with E-state index in [4.69, 9.17) is 16.2 Å². The quantitative estimate of drug-likeness (QED) is 0.497. The SMILES string of the molecule is NC(=O)C1CCC(Oc2ncncc2NC(=O)c2nc(-c3c(F)cccc3F)sc2N)CC1. The molecular formula is C21H20F2N6O3S. The van der Waals surface area contributed by atoms with Gasteiger partial charge < -0.3 is 21.5 Å². The van der Waals surface area contributed by atoms with E-state index in [-0.39, 0.29) is 50.8 Å². The fourth-order valence-electron chi connectivity index (χ4n) is 3.61. The van der Waals surface area contributed by atoms with Crippen LogP contribution in [0.2, 0.25) is 0 Å².